The van der Waals surface area contributed by atoms with Crippen LogP contribution in [0.3, 0.4) is 0 Å². The average Bonchev–Trinajstić information content (AvgIpc) is 2.93. The number of carbonyl (C=O) groups excluding carboxylic acids is 1. The molecule has 2 aromatic rings. The van der Waals surface area contributed by atoms with E-state index in [4.69, 9.17) is 5.11 Å². The molecule has 1 amide bonds. The lowest BCUT2D eigenvalue weighted by atomic mass is 10.2. The van der Waals surface area contributed by atoms with Crippen molar-refractivity contribution in [3.05, 3.63) is 51.7 Å². The van der Waals surface area contributed by atoms with Crippen LogP contribution in [-0.4, -0.2) is 22.6 Å². The lowest BCUT2D eigenvalue weighted by molar-refractivity contribution is 0.0950. The molecule has 108 valence electrons. The molecule has 0 saturated carbocycles. The number of aliphatic hydroxyl groups is 1. The van der Waals surface area contributed by atoms with Gasteiger partial charge in [0.15, 0.2) is 0 Å². The fraction of sp³-hybridized carbons (Fsp3) is 0.200. The second kappa shape index (κ2) is 7.53. The van der Waals surface area contributed by atoms with Crippen molar-refractivity contribution in [2.24, 2.45) is 0 Å². The van der Waals surface area contributed by atoms with Crippen molar-refractivity contribution in [2.45, 2.75) is 13.0 Å². The van der Waals surface area contributed by atoms with Gasteiger partial charge >= 0.3 is 0 Å². The Morgan fingerprint density at radius 3 is 3.05 bits per heavy atom. The van der Waals surface area contributed by atoms with Crippen LogP contribution in [0.5, 0.6) is 0 Å². The topological polar surface area (TPSA) is 62.2 Å². The van der Waals surface area contributed by atoms with Gasteiger partial charge < -0.3 is 10.4 Å². The minimum absolute atomic E-state index is 0.0434. The molecule has 2 rings (SSSR count). The van der Waals surface area contributed by atoms with E-state index in [1.807, 2.05) is 11.4 Å². The summed E-state index contributed by atoms with van der Waals surface area (Å²) in [5.74, 6) is 4.84. The third kappa shape index (κ3) is 4.67. The Morgan fingerprint density at radius 2 is 2.29 bits per heavy atom. The van der Waals surface area contributed by atoms with Crippen LogP contribution in [0, 0.1) is 17.7 Å². The molecule has 2 aromatic heterocycles. The first kappa shape index (κ1) is 15.2. The van der Waals surface area contributed by atoms with E-state index >= 15 is 0 Å². The first-order chi connectivity index (χ1) is 10.2. The largest absolute Gasteiger partial charge is 0.395 e. The fourth-order valence-corrected chi connectivity index (χ4v) is 2.32. The zero-order valence-electron chi connectivity index (χ0n) is 11.1. The minimum Gasteiger partial charge on any atom is -0.395 e. The van der Waals surface area contributed by atoms with Gasteiger partial charge in [-0.05, 0) is 12.1 Å². The lowest BCUT2D eigenvalue weighted by Crippen LogP contribution is -2.22. The number of nitrogens with zero attached hydrogens (tertiary/aromatic N) is 1. The van der Waals surface area contributed by atoms with Crippen LogP contribution in [0.2, 0.25) is 0 Å². The first-order valence-electron chi connectivity index (χ1n) is 6.25. The molecular formula is C15H13FN2O2S. The zero-order chi connectivity index (χ0) is 15.1. The quantitative estimate of drug-likeness (QED) is 0.849. The van der Waals surface area contributed by atoms with Crippen LogP contribution in [0.4, 0.5) is 4.39 Å². The fourth-order valence-electron chi connectivity index (χ4n) is 1.56. The number of thiophene rings is 1. The normalized spacial score (nSPS) is 9.81. The Kier molecular flexibility index (Phi) is 5.43. The number of rotatable bonds is 4. The molecule has 0 saturated heterocycles. The van der Waals surface area contributed by atoms with E-state index < -0.39 is 5.82 Å². The Morgan fingerprint density at radius 1 is 1.43 bits per heavy atom. The van der Waals surface area contributed by atoms with Crippen molar-refractivity contribution in [3.63, 3.8) is 0 Å². The van der Waals surface area contributed by atoms with Gasteiger partial charge in [0.25, 0.3) is 5.91 Å². The minimum atomic E-state index is -0.541. The number of aromatic nitrogens is 1. The Balaban J connectivity index is 1.91. The molecule has 2 heterocycles. The molecule has 0 radical (unpaired) electrons. The molecule has 21 heavy (non-hydrogen) atoms. The van der Waals surface area contributed by atoms with Gasteiger partial charge in [-0.25, -0.2) is 4.39 Å². The molecule has 0 fully saturated rings. The number of hydrogen-bond donors (Lipinski definition) is 2. The summed E-state index contributed by atoms with van der Waals surface area (Å²) < 4.78 is 13.0. The summed E-state index contributed by atoms with van der Waals surface area (Å²) in [6, 6.07) is 3.02. The van der Waals surface area contributed by atoms with Crippen LogP contribution < -0.4 is 5.32 Å². The summed E-state index contributed by atoms with van der Waals surface area (Å²) >= 11 is 1.48. The highest BCUT2D eigenvalue weighted by molar-refractivity contribution is 7.10. The third-order valence-corrected chi connectivity index (χ3v) is 3.45. The number of pyridine rings is 1. The number of nitrogens with one attached hydrogen (secondary N) is 1. The molecule has 0 atom stereocenters. The summed E-state index contributed by atoms with van der Waals surface area (Å²) in [6.07, 6.45) is 2.81. The molecule has 0 aliphatic rings. The molecule has 6 heteroatoms. The van der Waals surface area contributed by atoms with Gasteiger partial charge in [-0.2, -0.15) is 0 Å². The molecule has 4 nitrogen and oxygen atoms in total. The van der Waals surface area contributed by atoms with Crippen molar-refractivity contribution in [3.8, 4) is 11.8 Å². The third-order valence-electron chi connectivity index (χ3n) is 2.51. The van der Waals surface area contributed by atoms with Crippen LogP contribution in [0.25, 0.3) is 0 Å². The van der Waals surface area contributed by atoms with E-state index in [9.17, 15) is 9.18 Å². The number of hydrogen-bond acceptors (Lipinski definition) is 4. The van der Waals surface area contributed by atoms with E-state index in [0.717, 1.165) is 22.7 Å². The molecule has 0 aliphatic carbocycles. The number of halogens is 1. The maximum absolute atomic E-state index is 13.0. The van der Waals surface area contributed by atoms with E-state index in [1.165, 1.54) is 17.5 Å². The zero-order valence-corrected chi connectivity index (χ0v) is 11.9. The average molecular weight is 304 g/mol. The van der Waals surface area contributed by atoms with Crippen LogP contribution in [0.15, 0.2) is 29.9 Å². The van der Waals surface area contributed by atoms with E-state index in [0.29, 0.717) is 13.0 Å². The monoisotopic (exact) mass is 304 g/mol. The SMILES string of the molecule is O=C(NCc1cc(C#CCCO)cs1)c1cncc(F)c1. The van der Waals surface area contributed by atoms with Gasteiger partial charge in [0.1, 0.15) is 5.82 Å². The second-order valence-electron chi connectivity index (χ2n) is 4.15. The van der Waals surface area contributed by atoms with Crippen LogP contribution in [0.1, 0.15) is 27.2 Å². The molecule has 2 N–H and O–H groups in total. The predicted octanol–water partition coefficient (Wildman–Crippen LogP) is 1.95. The second-order valence-corrected chi connectivity index (χ2v) is 5.15. The Bertz CT molecular complexity index is 688. The van der Waals surface area contributed by atoms with Gasteiger partial charge in [0.2, 0.25) is 0 Å². The van der Waals surface area contributed by atoms with E-state index in [2.05, 4.69) is 22.1 Å². The maximum atomic E-state index is 13.0. The van der Waals surface area contributed by atoms with Crippen molar-refractivity contribution in [2.75, 3.05) is 6.61 Å². The van der Waals surface area contributed by atoms with E-state index in [-0.39, 0.29) is 18.1 Å². The summed E-state index contributed by atoms with van der Waals surface area (Å²) in [7, 11) is 0. The van der Waals surface area contributed by atoms with Crippen LogP contribution >= 0.6 is 11.3 Å². The number of carbonyl (C=O) groups is 1. The summed E-state index contributed by atoms with van der Waals surface area (Å²) in [5, 5.41) is 13.2. The van der Waals surface area contributed by atoms with Crippen molar-refractivity contribution in [1.29, 1.82) is 0 Å². The maximum Gasteiger partial charge on any atom is 0.253 e. The molecule has 0 aliphatic heterocycles. The molecule has 0 unspecified atom stereocenters. The summed E-state index contributed by atoms with van der Waals surface area (Å²) in [4.78, 5) is 16.4. The predicted molar refractivity (Wildman–Crippen MR) is 78.3 cm³/mol. The summed E-state index contributed by atoms with van der Waals surface area (Å²) in [6.45, 7) is 0.392. The highest BCUT2D eigenvalue weighted by Crippen LogP contribution is 2.13. The number of amides is 1. The smallest absolute Gasteiger partial charge is 0.253 e. The molecule has 0 spiro atoms. The lowest BCUT2D eigenvalue weighted by Gasteiger charge is -2.02. The first-order valence-corrected chi connectivity index (χ1v) is 7.13. The molecular weight excluding hydrogens is 291 g/mol. The Hall–Kier alpha value is -2.23. The van der Waals surface area contributed by atoms with E-state index in [1.54, 1.807) is 0 Å². The highest BCUT2D eigenvalue weighted by Gasteiger charge is 2.07. The van der Waals surface area contributed by atoms with Crippen molar-refractivity contribution in [1.82, 2.24) is 10.3 Å². The summed E-state index contributed by atoms with van der Waals surface area (Å²) in [5.41, 5.74) is 1.04. The van der Waals surface area contributed by atoms with Crippen LogP contribution in [-0.2, 0) is 6.54 Å². The van der Waals surface area contributed by atoms with Gasteiger partial charge in [-0.15, -0.1) is 11.3 Å². The molecule has 0 aromatic carbocycles. The van der Waals surface area contributed by atoms with Gasteiger partial charge in [-0.1, -0.05) is 11.8 Å². The number of aliphatic hydroxyl groups excluding tert-OH is 1. The Labute approximate surface area is 125 Å². The van der Waals surface area contributed by atoms with Gasteiger partial charge in [0, 0.05) is 28.4 Å². The highest BCUT2D eigenvalue weighted by atomic mass is 32.1. The van der Waals surface area contributed by atoms with Gasteiger partial charge in [0.05, 0.1) is 24.9 Å². The van der Waals surface area contributed by atoms with Crippen molar-refractivity contribution >= 4 is 17.2 Å². The van der Waals surface area contributed by atoms with Crippen molar-refractivity contribution < 1.29 is 14.3 Å². The molecule has 0 bridgehead atoms. The van der Waals surface area contributed by atoms with Gasteiger partial charge in [-0.3, -0.25) is 9.78 Å². The standard InChI is InChI=1S/C15H13FN2O2S/c16-13-6-12(7-17-8-13)15(20)18-9-14-5-11(10-21-14)3-1-2-4-19/h5-8,10,19H,2,4,9H2,(H,18,20).